The number of nitriles is 1. The molecule has 0 spiro atoms. The zero-order valence-electron chi connectivity index (χ0n) is 12.3. The van der Waals surface area contributed by atoms with E-state index in [1.807, 2.05) is 38.1 Å². The molecule has 2 rings (SSSR count). The molecule has 21 heavy (non-hydrogen) atoms. The third kappa shape index (κ3) is 3.03. The van der Waals surface area contributed by atoms with Crippen LogP contribution in [-0.2, 0) is 0 Å². The average molecular weight is 279 g/mol. The van der Waals surface area contributed by atoms with E-state index in [0.29, 0.717) is 16.8 Å². The Hall–Kier alpha value is -2.80. The minimum absolute atomic E-state index is 0.235. The lowest BCUT2D eigenvalue weighted by atomic mass is 10.1. The quantitative estimate of drug-likeness (QED) is 0.904. The van der Waals surface area contributed by atoms with Crippen LogP contribution in [0.3, 0.4) is 0 Å². The van der Waals surface area contributed by atoms with Crippen molar-refractivity contribution >= 4 is 17.3 Å². The van der Waals surface area contributed by atoms with Gasteiger partial charge in [-0.15, -0.1) is 0 Å². The summed E-state index contributed by atoms with van der Waals surface area (Å²) >= 11 is 0. The predicted octanol–water partition coefficient (Wildman–Crippen LogP) is 3.47. The van der Waals surface area contributed by atoms with E-state index < -0.39 is 0 Å². The van der Waals surface area contributed by atoms with E-state index in [2.05, 4.69) is 16.7 Å². The number of carbonyl (C=O) groups is 1. The van der Waals surface area contributed by atoms with E-state index in [4.69, 9.17) is 0 Å². The van der Waals surface area contributed by atoms with Crippen LogP contribution in [0.4, 0.5) is 11.4 Å². The van der Waals surface area contributed by atoms with Crippen LogP contribution < -0.4 is 10.6 Å². The Kier molecular flexibility index (Phi) is 4.24. The van der Waals surface area contributed by atoms with Gasteiger partial charge in [-0.05, 0) is 43.2 Å². The summed E-state index contributed by atoms with van der Waals surface area (Å²) < 4.78 is 0. The first-order chi connectivity index (χ1) is 10.1. The lowest BCUT2D eigenvalue weighted by molar-refractivity contribution is 0.102. The highest BCUT2D eigenvalue weighted by Crippen LogP contribution is 2.22. The summed E-state index contributed by atoms with van der Waals surface area (Å²) in [6.07, 6.45) is 0. The van der Waals surface area contributed by atoms with Crippen LogP contribution in [0.5, 0.6) is 0 Å². The Bertz CT molecular complexity index is 729. The Balaban J connectivity index is 2.36. The third-order valence-electron chi connectivity index (χ3n) is 3.32. The molecule has 0 saturated heterocycles. The van der Waals surface area contributed by atoms with Gasteiger partial charge in [0.15, 0.2) is 0 Å². The summed E-state index contributed by atoms with van der Waals surface area (Å²) in [5, 5.41) is 15.0. The SMILES string of the molecule is CNc1cc(C)ccc1C(=O)Nc1cccc(C)c1C#N. The molecule has 4 nitrogen and oxygen atoms in total. The van der Waals surface area contributed by atoms with E-state index in [-0.39, 0.29) is 5.91 Å². The average Bonchev–Trinajstić information content (AvgIpc) is 2.47. The fourth-order valence-corrected chi connectivity index (χ4v) is 2.17. The highest BCUT2D eigenvalue weighted by molar-refractivity contribution is 6.08. The Morgan fingerprint density at radius 2 is 1.90 bits per heavy atom. The van der Waals surface area contributed by atoms with Crippen molar-refractivity contribution < 1.29 is 4.79 Å². The van der Waals surface area contributed by atoms with Crippen LogP contribution >= 0.6 is 0 Å². The third-order valence-corrected chi connectivity index (χ3v) is 3.32. The van der Waals surface area contributed by atoms with Crippen molar-refractivity contribution in [3.05, 3.63) is 58.7 Å². The maximum Gasteiger partial charge on any atom is 0.257 e. The summed E-state index contributed by atoms with van der Waals surface area (Å²) in [6, 6.07) is 13.1. The molecule has 1 amide bonds. The minimum atomic E-state index is -0.235. The summed E-state index contributed by atoms with van der Waals surface area (Å²) in [5.74, 6) is -0.235. The van der Waals surface area contributed by atoms with Crippen LogP contribution in [0.15, 0.2) is 36.4 Å². The molecule has 0 bridgehead atoms. The molecule has 106 valence electrons. The van der Waals surface area contributed by atoms with Gasteiger partial charge in [0, 0.05) is 12.7 Å². The highest BCUT2D eigenvalue weighted by Gasteiger charge is 2.13. The summed E-state index contributed by atoms with van der Waals surface area (Å²) in [6.45, 7) is 3.82. The first-order valence-electron chi connectivity index (χ1n) is 6.66. The summed E-state index contributed by atoms with van der Waals surface area (Å²) in [5.41, 5.74) is 4.25. The number of carbonyl (C=O) groups excluding carboxylic acids is 1. The van der Waals surface area contributed by atoms with Crippen molar-refractivity contribution in [2.45, 2.75) is 13.8 Å². The number of benzene rings is 2. The van der Waals surface area contributed by atoms with Gasteiger partial charge in [-0.3, -0.25) is 4.79 Å². The fourth-order valence-electron chi connectivity index (χ4n) is 2.17. The Labute approximate surface area is 124 Å². The van der Waals surface area contributed by atoms with Crippen molar-refractivity contribution in [2.24, 2.45) is 0 Å². The van der Waals surface area contributed by atoms with Crippen LogP contribution in [0.25, 0.3) is 0 Å². The Morgan fingerprint density at radius 3 is 2.57 bits per heavy atom. The van der Waals surface area contributed by atoms with E-state index >= 15 is 0 Å². The molecule has 0 fully saturated rings. The Morgan fingerprint density at radius 1 is 1.14 bits per heavy atom. The highest BCUT2D eigenvalue weighted by atomic mass is 16.1. The van der Waals surface area contributed by atoms with Crippen molar-refractivity contribution in [1.29, 1.82) is 5.26 Å². The topological polar surface area (TPSA) is 64.9 Å². The molecule has 0 radical (unpaired) electrons. The molecule has 0 aromatic heterocycles. The second kappa shape index (κ2) is 6.10. The number of hydrogen-bond donors (Lipinski definition) is 2. The maximum atomic E-state index is 12.4. The van der Waals surface area contributed by atoms with Crippen molar-refractivity contribution in [3.63, 3.8) is 0 Å². The van der Waals surface area contributed by atoms with Gasteiger partial charge in [-0.1, -0.05) is 18.2 Å². The van der Waals surface area contributed by atoms with Crippen molar-refractivity contribution in [3.8, 4) is 6.07 Å². The van der Waals surface area contributed by atoms with E-state index in [0.717, 1.165) is 16.8 Å². The molecule has 4 heteroatoms. The molecule has 0 heterocycles. The van der Waals surface area contributed by atoms with E-state index in [1.165, 1.54) is 0 Å². The molecule has 2 N–H and O–H groups in total. The zero-order valence-corrected chi connectivity index (χ0v) is 12.3. The van der Waals surface area contributed by atoms with E-state index in [9.17, 15) is 10.1 Å². The van der Waals surface area contributed by atoms with Gasteiger partial charge in [0.1, 0.15) is 6.07 Å². The minimum Gasteiger partial charge on any atom is -0.387 e. The number of aryl methyl sites for hydroxylation is 2. The fraction of sp³-hybridized carbons (Fsp3) is 0.176. The van der Waals surface area contributed by atoms with Crippen LogP contribution in [0, 0.1) is 25.2 Å². The number of rotatable bonds is 3. The van der Waals surface area contributed by atoms with Crippen LogP contribution in [0.2, 0.25) is 0 Å². The number of nitrogens with zero attached hydrogens (tertiary/aromatic N) is 1. The van der Waals surface area contributed by atoms with Crippen LogP contribution in [-0.4, -0.2) is 13.0 Å². The maximum absolute atomic E-state index is 12.4. The molecule has 2 aromatic carbocycles. The van der Waals surface area contributed by atoms with Crippen molar-refractivity contribution in [2.75, 3.05) is 17.7 Å². The largest absolute Gasteiger partial charge is 0.387 e. The molecule has 2 aromatic rings. The summed E-state index contributed by atoms with van der Waals surface area (Å²) in [7, 11) is 1.78. The standard InChI is InChI=1S/C17H17N3O/c1-11-7-8-13(16(9-11)19-3)17(21)20-15-6-4-5-12(2)14(15)10-18/h4-9,19H,1-3H3,(H,20,21). The van der Waals surface area contributed by atoms with Gasteiger partial charge in [-0.2, -0.15) is 5.26 Å². The van der Waals surface area contributed by atoms with Gasteiger partial charge in [0.05, 0.1) is 16.8 Å². The monoisotopic (exact) mass is 279 g/mol. The van der Waals surface area contributed by atoms with E-state index in [1.54, 1.807) is 19.2 Å². The van der Waals surface area contributed by atoms with Gasteiger partial charge in [0.2, 0.25) is 0 Å². The number of nitrogens with one attached hydrogen (secondary N) is 2. The molecule has 0 atom stereocenters. The zero-order chi connectivity index (χ0) is 15.4. The normalized spacial score (nSPS) is 9.81. The predicted molar refractivity (Wildman–Crippen MR) is 84.6 cm³/mol. The lowest BCUT2D eigenvalue weighted by Crippen LogP contribution is -2.15. The van der Waals surface area contributed by atoms with Gasteiger partial charge >= 0.3 is 0 Å². The first-order valence-corrected chi connectivity index (χ1v) is 6.66. The molecule has 0 aliphatic heterocycles. The number of anilines is 2. The number of amides is 1. The summed E-state index contributed by atoms with van der Waals surface area (Å²) in [4.78, 5) is 12.4. The van der Waals surface area contributed by atoms with Gasteiger partial charge in [0.25, 0.3) is 5.91 Å². The number of hydrogen-bond acceptors (Lipinski definition) is 3. The first kappa shape index (κ1) is 14.6. The molecule has 0 aliphatic rings. The van der Waals surface area contributed by atoms with Crippen LogP contribution in [0.1, 0.15) is 27.0 Å². The smallest absolute Gasteiger partial charge is 0.257 e. The molecular weight excluding hydrogens is 262 g/mol. The second-order valence-corrected chi connectivity index (χ2v) is 4.86. The molecule has 0 aliphatic carbocycles. The lowest BCUT2D eigenvalue weighted by Gasteiger charge is -2.12. The van der Waals surface area contributed by atoms with Gasteiger partial charge < -0.3 is 10.6 Å². The molecule has 0 unspecified atom stereocenters. The van der Waals surface area contributed by atoms with Gasteiger partial charge in [-0.25, -0.2) is 0 Å². The molecule has 0 saturated carbocycles. The molecular formula is C17H17N3O. The second-order valence-electron chi connectivity index (χ2n) is 4.86. The van der Waals surface area contributed by atoms with Crippen molar-refractivity contribution in [1.82, 2.24) is 0 Å².